The summed E-state index contributed by atoms with van der Waals surface area (Å²) in [6.45, 7) is 1.74. The summed E-state index contributed by atoms with van der Waals surface area (Å²) in [7, 11) is 1.65. The third kappa shape index (κ3) is 1.94. The van der Waals surface area contributed by atoms with Crippen molar-refractivity contribution in [2.24, 2.45) is 5.73 Å². The summed E-state index contributed by atoms with van der Waals surface area (Å²) >= 11 is 1.16. The highest BCUT2D eigenvalue weighted by Gasteiger charge is 2.22. The van der Waals surface area contributed by atoms with Crippen LogP contribution in [-0.4, -0.2) is 18.7 Å². The highest BCUT2D eigenvalue weighted by Crippen LogP contribution is 2.35. The van der Waals surface area contributed by atoms with Crippen LogP contribution < -0.4 is 16.8 Å². The van der Waals surface area contributed by atoms with E-state index in [0.29, 0.717) is 16.3 Å². The minimum absolute atomic E-state index is 0.0819. The van der Waals surface area contributed by atoms with Crippen molar-refractivity contribution in [3.8, 4) is 0 Å². The average molecular weight is 227 g/mol. The number of thiophene rings is 1. The van der Waals surface area contributed by atoms with E-state index in [1.807, 2.05) is 0 Å². The van der Waals surface area contributed by atoms with Gasteiger partial charge in [0.15, 0.2) is 5.78 Å². The van der Waals surface area contributed by atoms with Crippen molar-refractivity contribution in [1.82, 2.24) is 0 Å². The Balaban J connectivity index is 3.34. The molecular weight excluding hydrogens is 214 g/mol. The van der Waals surface area contributed by atoms with Gasteiger partial charge in [-0.3, -0.25) is 9.59 Å². The maximum absolute atomic E-state index is 11.5. The van der Waals surface area contributed by atoms with Crippen molar-refractivity contribution in [3.63, 3.8) is 0 Å². The number of hydrogen-bond acceptors (Lipinski definition) is 5. The largest absolute Gasteiger partial charge is 0.397 e. The monoisotopic (exact) mass is 227 g/mol. The topological polar surface area (TPSA) is 98.2 Å². The van der Waals surface area contributed by atoms with Crippen LogP contribution in [0, 0.1) is 0 Å². The van der Waals surface area contributed by atoms with Gasteiger partial charge in [-0.1, -0.05) is 6.92 Å². The second-order valence-corrected chi connectivity index (χ2v) is 3.96. The Morgan fingerprint density at radius 2 is 2.07 bits per heavy atom. The van der Waals surface area contributed by atoms with Crippen LogP contribution in [0.25, 0.3) is 0 Å². The molecule has 0 saturated carbocycles. The molecule has 0 aliphatic rings. The van der Waals surface area contributed by atoms with Crippen molar-refractivity contribution in [2.75, 3.05) is 18.1 Å². The number of nitrogens with one attached hydrogen (secondary N) is 1. The molecule has 0 bridgehead atoms. The third-order valence-corrected chi connectivity index (χ3v) is 3.26. The first-order chi connectivity index (χ1) is 7.02. The first kappa shape index (κ1) is 11.5. The molecule has 0 fully saturated rings. The molecule has 0 unspecified atom stereocenters. The summed E-state index contributed by atoms with van der Waals surface area (Å²) in [4.78, 5) is 23.0. The molecule has 0 spiro atoms. The molecule has 5 N–H and O–H groups in total. The summed E-state index contributed by atoms with van der Waals surface area (Å²) in [6, 6.07) is 0. The molecule has 0 saturated heterocycles. The lowest BCUT2D eigenvalue weighted by Gasteiger charge is -1.98. The number of amides is 1. The lowest BCUT2D eigenvalue weighted by molar-refractivity contribution is 0.0991. The predicted molar refractivity (Wildman–Crippen MR) is 61.4 cm³/mol. The summed E-state index contributed by atoms with van der Waals surface area (Å²) in [5, 5.41) is 3.34. The second kappa shape index (κ2) is 4.31. The van der Waals surface area contributed by atoms with Gasteiger partial charge in [-0.2, -0.15) is 0 Å². The fourth-order valence-corrected chi connectivity index (χ4v) is 2.32. The predicted octanol–water partition coefficient (Wildman–Crippen LogP) is 1.06. The molecule has 82 valence electrons. The van der Waals surface area contributed by atoms with Gasteiger partial charge in [0.2, 0.25) is 0 Å². The number of Topliss-reactive ketones (excluding diaryl/α,β-unsaturated/α-hetero) is 1. The Hall–Kier alpha value is -1.56. The SMILES string of the molecule is CCC(=O)c1sc(NC)c(C(N)=O)c1N. The van der Waals surface area contributed by atoms with Gasteiger partial charge in [0.25, 0.3) is 5.91 Å². The fourth-order valence-electron chi connectivity index (χ4n) is 1.23. The number of ketones is 1. The first-order valence-corrected chi connectivity index (χ1v) is 5.27. The van der Waals surface area contributed by atoms with Crippen LogP contribution in [0.4, 0.5) is 10.7 Å². The van der Waals surface area contributed by atoms with Gasteiger partial charge >= 0.3 is 0 Å². The zero-order chi connectivity index (χ0) is 11.6. The third-order valence-electron chi connectivity index (χ3n) is 1.99. The maximum atomic E-state index is 11.5. The highest BCUT2D eigenvalue weighted by atomic mass is 32.1. The van der Waals surface area contributed by atoms with Gasteiger partial charge in [0, 0.05) is 13.5 Å². The quantitative estimate of drug-likeness (QED) is 0.670. The Morgan fingerprint density at radius 1 is 1.47 bits per heavy atom. The molecule has 0 aliphatic carbocycles. The fraction of sp³-hybridized carbons (Fsp3) is 0.333. The van der Waals surface area contributed by atoms with Gasteiger partial charge in [-0.05, 0) is 0 Å². The average Bonchev–Trinajstić information content (AvgIpc) is 2.54. The van der Waals surface area contributed by atoms with Crippen molar-refractivity contribution in [2.45, 2.75) is 13.3 Å². The van der Waals surface area contributed by atoms with Gasteiger partial charge < -0.3 is 16.8 Å². The molecule has 6 heteroatoms. The Kier molecular flexibility index (Phi) is 3.31. The van der Waals surface area contributed by atoms with E-state index in [4.69, 9.17) is 11.5 Å². The molecule has 1 rings (SSSR count). The van der Waals surface area contributed by atoms with E-state index in [1.54, 1.807) is 14.0 Å². The van der Waals surface area contributed by atoms with Crippen molar-refractivity contribution in [1.29, 1.82) is 0 Å². The number of nitrogens with two attached hydrogens (primary N) is 2. The molecule has 1 amide bonds. The van der Waals surface area contributed by atoms with E-state index in [9.17, 15) is 9.59 Å². The number of hydrogen-bond donors (Lipinski definition) is 3. The first-order valence-electron chi connectivity index (χ1n) is 4.45. The molecule has 0 atom stereocenters. The summed E-state index contributed by atoms with van der Waals surface area (Å²) in [5.41, 5.74) is 11.3. The highest BCUT2D eigenvalue weighted by molar-refractivity contribution is 7.19. The zero-order valence-corrected chi connectivity index (χ0v) is 9.40. The normalized spacial score (nSPS) is 10.0. The molecule has 1 aromatic heterocycles. The van der Waals surface area contributed by atoms with Crippen LogP contribution >= 0.6 is 11.3 Å². The van der Waals surface area contributed by atoms with E-state index in [2.05, 4.69) is 5.32 Å². The molecule has 0 aliphatic heterocycles. The number of primary amides is 1. The van der Waals surface area contributed by atoms with E-state index in [-0.39, 0.29) is 17.0 Å². The van der Waals surface area contributed by atoms with Gasteiger partial charge in [0.1, 0.15) is 5.00 Å². The molecule has 1 aromatic rings. The van der Waals surface area contributed by atoms with Gasteiger partial charge in [-0.25, -0.2) is 0 Å². The number of rotatable bonds is 4. The summed E-state index contributed by atoms with van der Waals surface area (Å²) in [5.74, 6) is -0.704. The lowest BCUT2D eigenvalue weighted by atomic mass is 10.1. The number of anilines is 2. The van der Waals surface area contributed by atoms with Crippen LogP contribution in [0.1, 0.15) is 33.4 Å². The van der Waals surface area contributed by atoms with E-state index >= 15 is 0 Å². The van der Waals surface area contributed by atoms with Crippen LogP contribution in [0.3, 0.4) is 0 Å². The summed E-state index contributed by atoms with van der Waals surface area (Å²) in [6.07, 6.45) is 0.353. The molecule has 1 heterocycles. The lowest BCUT2D eigenvalue weighted by Crippen LogP contribution is -2.14. The second-order valence-electron chi connectivity index (χ2n) is 2.94. The Labute approximate surface area is 91.4 Å². The molecule has 5 nitrogen and oxygen atoms in total. The van der Waals surface area contributed by atoms with E-state index in [0.717, 1.165) is 11.3 Å². The van der Waals surface area contributed by atoms with E-state index < -0.39 is 5.91 Å². The minimum atomic E-state index is -0.622. The number of carbonyl (C=O) groups excluding carboxylic acids is 2. The standard InChI is InChI=1S/C9H13N3O2S/c1-3-4(13)7-6(10)5(8(11)14)9(12-2)15-7/h12H,3,10H2,1-2H3,(H2,11,14). The van der Waals surface area contributed by atoms with Gasteiger partial charge in [0.05, 0.1) is 16.1 Å². The van der Waals surface area contributed by atoms with Crippen molar-refractivity contribution >= 4 is 33.7 Å². The summed E-state index contributed by atoms with van der Waals surface area (Å²) < 4.78 is 0. The zero-order valence-electron chi connectivity index (χ0n) is 8.59. The number of nitrogen functional groups attached to an aromatic ring is 1. The molecule has 0 radical (unpaired) electrons. The smallest absolute Gasteiger partial charge is 0.253 e. The Bertz CT molecular complexity index is 412. The minimum Gasteiger partial charge on any atom is -0.397 e. The van der Waals surface area contributed by atoms with E-state index in [1.165, 1.54) is 0 Å². The maximum Gasteiger partial charge on any atom is 0.253 e. The van der Waals surface area contributed by atoms with Crippen LogP contribution in [0.5, 0.6) is 0 Å². The molecular formula is C9H13N3O2S. The van der Waals surface area contributed by atoms with Crippen molar-refractivity contribution < 1.29 is 9.59 Å². The van der Waals surface area contributed by atoms with Crippen LogP contribution in [0.2, 0.25) is 0 Å². The Morgan fingerprint density at radius 3 is 2.40 bits per heavy atom. The number of carbonyl (C=O) groups is 2. The van der Waals surface area contributed by atoms with Gasteiger partial charge in [-0.15, -0.1) is 11.3 Å². The van der Waals surface area contributed by atoms with Crippen molar-refractivity contribution in [3.05, 3.63) is 10.4 Å². The molecule has 15 heavy (non-hydrogen) atoms. The van der Waals surface area contributed by atoms with Crippen LogP contribution in [0.15, 0.2) is 0 Å². The van der Waals surface area contributed by atoms with Crippen LogP contribution in [-0.2, 0) is 0 Å². The molecule has 0 aromatic carbocycles.